The highest BCUT2D eigenvalue weighted by molar-refractivity contribution is 5.81. The van der Waals surface area contributed by atoms with Gasteiger partial charge in [0, 0.05) is 38.9 Å². The van der Waals surface area contributed by atoms with E-state index >= 15 is 0 Å². The standard InChI is InChI=1S/C23H26N2O2/c1-24-21-16-25(13-12-19(21)14-22(24)26)23(27)15-20(17-8-4-2-5-9-17)18-10-6-3-7-11-18/h2-11,19-21H,12-16H2,1H3/t19-,21-/m1/s1. The first kappa shape index (κ1) is 17.8. The van der Waals surface area contributed by atoms with Crippen molar-refractivity contribution < 1.29 is 9.59 Å². The molecule has 2 aromatic carbocycles. The third kappa shape index (κ3) is 3.61. The molecule has 140 valence electrons. The fourth-order valence-electron chi connectivity index (χ4n) is 4.54. The summed E-state index contributed by atoms with van der Waals surface area (Å²) >= 11 is 0. The monoisotopic (exact) mass is 362 g/mol. The first-order chi connectivity index (χ1) is 13.1. The van der Waals surface area contributed by atoms with Crippen molar-refractivity contribution in [2.24, 2.45) is 5.92 Å². The number of hydrogen-bond donors (Lipinski definition) is 0. The second-order valence-corrected chi connectivity index (χ2v) is 7.74. The van der Waals surface area contributed by atoms with E-state index in [0.717, 1.165) is 13.0 Å². The number of nitrogens with zero attached hydrogens (tertiary/aromatic N) is 2. The quantitative estimate of drug-likeness (QED) is 0.837. The number of amides is 2. The summed E-state index contributed by atoms with van der Waals surface area (Å²) in [6, 6.07) is 20.7. The third-order valence-electron chi connectivity index (χ3n) is 6.18. The van der Waals surface area contributed by atoms with Gasteiger partial charge in [0.2, 0.25) is 11.8 Å². The number of hydrogen-bond acceptors (Lipinski definition) is 2. The molecule has 2 aromatic rings. The van der Waals surface area contributed by atoms with Gasteiger partial charge in [-0.05, 0) is 23.5 Å². The van der Waals surface area contributed by atoms with Crippen LogP contribution >= 0.6 is 0 Å². The Morgan fingerprint density at radius 2 is 1.63 bits per heavy atom. The zero-order valence-corrected chi connectivity index (χ0v) is 15.8. The molecule has 0 spiro atoms. The van der Waals surface area contributed by atoms with Crippen LogP contribution in [0.25, 0.3) is 0 Å². The molecule has 2 aliphatic rings. The van der Waals surface area contributed by atoms with Gasteiger partial charge < -0.3 is 9.80 Å². The minimum Gasteiger partial charge on any atom is -0.341 e. The predicted octanol–water partition coefficient (Wildman–Crippen LogP) is 3.29. The summed E-state index contributed by atoms with van der Waals surface area (Å²) < 4.78 is 0. The third-order valence-corrected chi connectivity index (χ3v) is 6.18. The van der Waals surface area contributed by atoms with Crippen LogP contribution in [0, 0.1) is 5.92 Å². The van der Waals surface area contributed by atoms with Gasteiger partial charge in [-0.1, -0.05) is 60.7 Å². The fourth-order valence-corrected chi connectivity index (χ4v) is 4.54. The Hall–Kier alpha value is -2.62. The van der Waals surface area contributed by atoms with Crippen LogP contribution in [-0.4, -0.2) is 47.8 Å². The van der Waals surface area contributed by atoms with Crippen LogP contribution in [0.3, 0.4) is 0 Å². The van der Waals surface area contributed by atoms with E-state index in [0.29, 0.717) is 25.3 Å². The lowest BCUT2D eigenvalue weighted by atomic mass is 9.87. The lowest BCUT2D eigenvalue weighted by Crippen LogP contribution is -2.49. The zero-order valence-electron chi connectivity index (χ0n) is 15.8. The summed E-state index contributed by atoms with van der Waals surface area (Å²) in [7, 11) is 1.87. The number of likely N-dealkylation sites (tertiary alicyclic amines) is 2. The van der Waals surface area contributed by atoms with Gasteiger partial charge in [-0.2, -0.15) is 0 Å². The van der Waals surface area contributed by atoms with E-state index in [2.05, 4.69) is 24.3 Å². The lowest BCUT2D eigenvalue weighted by molar-refractivity contribution is -0.135. The van der Waals surface area contributed by atoms with E-state index in [1.165, 1.54) is 11.1 Å². The van der Waals surface area contributed by atoms with Crippen molar-refractivity contribution in [3.05, 3.63) is 71.8 Å². The van der Waals surface area contributed by atoms with Gasteiger partial charge in [-0.3, -0.25) is 9.59 Å². The maximum atomic E-state index is 13.2. The molecule has 0 N–H and O–H groups in total. The van der Waals surface area contributed by atoms with Crippen molar-refractivity contribution in [2.45, 2.75) is 31.2 Å². The van der Waals surface area contributed by atoms with Gasteiger partial charge in [-0.15, -0.1) is 0 Å². The number of likely N-dealkylation sites (N-methyl/N-ethyl adjacent to an activating group) is 1. The molecule has 27 heavy (non-hydrogen) atoms. The summed E-state index contributed by atoms with van der Waals surface area (Å²) in [6.45, 7) is 1.43. The Morgan fingerprint density at radius 3 is 2.22 bits per heavy atom. The van der Waals surface area contributed by atoms with Crippen molar-refractivity contribution in [2.75, 3.05) is 20.1 Å². The first-order valence-corrected chi connectivity index (χ1v) is 9.77. The van der Waals surface area contributed by atoms with E-state index in [-0.39, 0.29) is 23.8 Å². The Balaban J connectivity index is 1.52. The molecule has 2 amide bonds. The second-order valence-electron chi connectivity index (χ2n) is 7.74. The van der Waals surface area contributed by atoms with E-state index in [1.54, 1.807) is 0 Å². The summed E-state index contributed by atoms with van der Waals surface area (Å²) in [5, 5.41) is 0. The van der Waals surface area contributed by atoms with Crippen LogP contribution in [0.2, 0.25) is 0 Å². The Labute approximate surface area is 160 Å². The van der Waals surface area contributed by atoms with Crippen LogP contribution < -0.4 is 0 Å². The molecule has 2 atom stereocenters. The number of carbonyl (C=O) groups excluding carboxylic acids is 2. The molecule has 2 aliphatic heterocycles. The number of piperidine rings is 1. The SMILES string of the molecule is CN1C(=O)C[C@H]2CCN(C(=O)CC(c3ccccc3)c3ccccc3)C[C@H]21. The lowest BCUT2D eigenvalue weighted by Gasteiger charge is -2.37. The topological polar surface area (TPSA) is 40.6 Å². The van der Waals surface area contributed by atoms with Gasteiger partial charge in [0.25, 0.3) is 0 Å². The number of carbonyl (C=O) groups is 2. The van der Waals surface area contributed by atoms with Gasteiger partial charge in [-0.25, -0.2) is 0 Å². The van der Waals surface area contributed by atoms with Crippen LogP contribution in [0.5, 0.6) is 0 Å². The maximum Gasteiger partial charge on any atom is 0.223 e. The average Bonchev–Trinajstić information content (AvgIpc) is 3.00. The molecule has 0 radical (unpaired) electrons. The summed E-state index contributed by atoms with van der Waals surface area (Å²) in [4.78, 5) is 29.0. The Bertz CT molecular complexity index is 766. The molecule has 0 aromatic heterocycles. The molecule has 2 heterocycles. The average molecular weight is 362 g/mol. The van der Waals surface area contributed by atoms with Crippen molar-refractivity contribution in [3.8, 4) is 0 Å². The molecule has 2 saturated heterocycles. The van der Waals surface area contributed by atoms with Crippen molar-refractivity contribution >= 4 is 11.8 Å². The molecular weight excluding hydrogens is 336 g/mol. The normalized spacial score (nSPS) is 22.2. The van der Waals surface area contributed by atoms with Gasteiger partial charge >= 0.3 is 0 Å². The van der Waals surface area contributed by atoms with E-state index in [9.17, 15) is 9.59 Å². The van der Waals surface area contributed by atoms with Crippen molar-refractivity contribution in [3.63, 3.8) is 0 Å². The smallest absolute Gasteiger partial charge is 0.223 e. The highest BCUT2D eigenvalue weighted by Crippen LogP contribution is 2.33. The molecule has 4 heteroatoms. The highest BCUT2D eigenvalue weighted by atomic mass is 16.2. The number of fused-ring (bicyclic) bond motifs is 1. The molecular formula is C23H26N2O2. The molecule has 0 unspecified atom stereocenters. The molecule has 0 bridgehead atoms. The maximum absolute atomic E-state index is 13.2. The Kier molecular flexibility index (Phi) is 4.97. The van der Waals surface area contributed by atoms with Crippen molar-refractivity contribution in [1.82, 2.24) is 9.80 Å². The Morgan fingerprint density at radius 1 is 1.04 bits per heavy atom. The molecule has 4 rings (SSSR count). The van der Waals surface area contributed by atoms with E-state index < -0.39 is 0 Å². The van der Waals surface area contributed by atoms with Crippen LogP contribution in [0.15, 0.2) is 60.7 Å². The van der Waals surface area contributed by atoms with Gasteiger partial charge in [0.1, 0.15) is 0 Å². The number of benzene rings is 2. The molecule has 0 aliphatic carbocycles. The molecule has 4 nitrogen and oxygen atoms in total. The van der Waals surface area contributed by atoms with Crippen LogP contribution in [-0.2, 0) is 9.59 Å². The highest BCUT2D eigenvalue weighted by Gasteiger charge is 2.42. The number of rotatable bonds is 4. The predicted molar refractivity (Wildman–Crippen MR) is 105 cm³/mol. The molecule has 0 saturated carbocycles. The van der Waals surface area contributed by atoms with Gasteiger partial charge in [0.15, 0.2) is 0 Å². The summed E-state index contributed by atoms with van der Waals surface area (Å²) in [5.74, 6) is 0.857. The first-order valence-electron chi connectivity index (χ1n) is 9.77. The van der Waals surface area contributed by atoms with Gasteiger partial charge in [0.05, 0.1) is 6.04 Å². The van der Waals surface area contributed by atoms with Crippen LogP contribution in [0.1, 0.15) is 36.3 Å². The largest absolute Gasteiger partial charge is 0.341 e. The minimum atomic E-state index is 0.0561. The minimum absolute atomic E-state index is 0.0561. The van der Waals surface area contributed by atoms with E-state index in [4.69, 9.17) is 0 Å². The second kappa shape index (κ2) is 7.55. The summed E-state index contributed by atoms with van der Waals surface area (Å²) in [5.41, 5.74) is 2.33. The molecule has 2 fully saturated rings. The van der Waals surface area contributed by atoms with Crippen molar-refractivity contribution in [1.29, 1.82) is 0 Å². The van der Waals surface area contributed by atoms with Crippen LogP contribution in [0.4, 0.5) is 0 Å². The fraction of sp³-hybridized carbons (Fsp3) is 0.391. The van der Waals surface area contributed by atoms with E-state index in [1.807, 2.05) is 53.2 Å². The summed E-state index contributed by atoms with van der Waals surface area (Å²) in [6.07, 6.45) is 2.02. The zero-order chi connectivity index (χ0) is 18.8.